The Bertz CT molecular complexity index is 312. The van der Waals surface area contributed by atoms with Gasteiger partial charge in [0.2, 0.25) is 0 Å². The molecule has 4 bridgehead atoms. The minimum Gasteiger partial charge on any atom is -0.0990 e. The Balaban J connectivity index is 2.10. The van der Waals surface area contributed by atoms with Crippen LogP contribution in [0.1, 0.15) is 52.9 Å². The highest BCUT2D eigenvalue weighted by Crippen LogP contribution is 2.70. The second-order valence-corrected chi connectivity index (χ2v) is 7.10. The van der Waals surface area contributed by atoms with Gasteiger partial charge in [0.05, 0.1) is 0 Å². The maximum Gasteiger partial charge on any atom is -0.00849 e. The largest absolute Gasteiger partial charge is 0.0990 e. The first-order valence-electron chi connectivity index (χ1n) is 6.66. The minimum absolute atomic E-state index is 0.515. The Morgan fingerprint density at radius 3 is 2.60 bits per heavy atom. The third kappa shape index (κ3) is 1.04. The molecule has 0 aromatic rings. The summed E-state index contributed by atoms with van der Waals surface area (Å²) in [5, 5.41) is 0. The molecule has 0 unspecified atom stereocenters. The normalized spacial score (nSPS) is 51.9. The molecule has 15 heavy (non-hydrogen) atoms. The quantitative estimate of drug-likeness (QED) is 0.513. The molecule has 0 radical (unpaired) electrons. The minimum atomic E-state index is 0.515. The summed E-state index contributed by atoms with van der Waals surface area (Å²) < 4.78 is 0. The van der Waals surface area contributed by atoms with Crippen LogP contribution in [0.25, 0.3) is 0 Å². The van der Waals surface area contributed by atoms with E-state index in [0.717, 1.165) is 17.8 Å². The summed E-state index contributed by atoms with van der Waals surface area (Å²) in [5.74, 6) is 2.79. The van der Waals surface area contributed by atoms with Gasteiger partial charge in [0, 0.05) is 0 Å². The molecule has 0 aromatic carbocycles. The first-order valence-corrected chi connectivity index (χ1v) is 6.66. The van der Waals surface area contributed by atoms with Gasteiger partial charge in [-0.3, -0.25) is 0 Å². The molecule has 84 valence electrons. The molecular formula is C15H24. The Morgan fingerprint density at radius 1 is 1.13 bits per heavy atom. The maximum atomic E-state index is 4.46. The van der Waals surface area contributed by atoms with Gasteiger partial charge < -0.3 is 0 Å². The van der Waals surface area contributed by atoms with E-state index < -0.39 is 0 Å². The van der Waals surface area contributed by atoms with Gasteiger partial charge in [0.15, 0.2) is 0 Å². The summed E-state index contributed by atoms with van der Waals surface area (Å²) in [4.78, 5) is 0. The zero-order chi connectivity index (χ0) is 10.8. The highest BCUT2D eigenvalue weighted by molar-refractivity contribution is 5.29. The van der Waals surface area contributed by atoms with E-state index in [4.69, 9.17) is 0 Å². The molecule has 0 spiro atoms. The standard InChI is InChI=1S/C15H24/c1-10-11-6-7-12-13(11)14(2,3)8-5-9-15(10,12)4/h11-13H,1,5-9H2,2-4H3/t11-,12-,13-,15-/m0/s1. The molecule has 0 aliphatic heterocycles. The van der Waals surface area contributed by atoms with Gasteiger partial charge in [-0.05, 0) is 54.3 Å². The van der Waals surface area contributed by atoms with Crippen molar-refractivity contribution in [3.8, 4) is 0 Å². The van der Waals surface area contributed by atoms with E-state index in [1.807, 2.05) is 0 Å². The van der Waals surface area contributed by atoms with Crippen LogP contribution in [0.4, 0.5) is 0 Å². The molecule has 0 aromatic heterocycles. The first-order chi connectivity index (χ1) is 6.97. The molecule has 3 aliphatic rings. The topological polar surface area (TPSA) is 0 Å². The van der Waals surface area contributed by atoms with Crippen LogP contribution in [0.5, 0.6) is 0 Å². The van der Waals surface area contributed by atoms with Gasteiger partial charge in [-0.1, -0.05) is 39.3 Å². The predicted molar refractivity (Wildman–Crippen MR) is 64.6 cm³/mol. The Kier molecular flexibility index (Phi) is 1.79. The molecule has 0 N–H and O–H groups in total. The van der Waals surface area contributed by atoms with Crippen molar-refractivity contribution in [3.63, 3.8) is 0 Å². The highest BCUT2D eigenvalue weighted by Gasteiger charge is 2.61. The lowest BCUT2D eigenvalue weighted by Crippen LogP contribution is -2.28. The molecular weight excluding hydrogens is 180 g/mol. The van der Waals surface area contributed by atoms with Gasteiger partial charge in [0.1, 0.15) is 0 Å². The lowest BCUT2D eigenvalue weighted by molar-refractivity contribution is 0.141. The summed E-state index contributed by atoms with van der Waals surface area (Å²) in [6.07, 6.45) is 7.18. The summed E-state index contributed by atoms with van der Waals surface area (Å²) in [6, 6.07) is 0. The Hall–Kier alpha value is -0.260. The van der Waals surface area contributed by atoms with Crippen LogP contribution >= 0.6 is 0 Å². The SMILES string of the molecule is C=C1[C@@H]2CC[C@H]3[C@H]2C(C)(C)CCC[C@@]13C. The molecule has 0 amide bonds. The summed E-state index contributed by atoms with van der Waals surface area (Å²) in [5.41, 5.74) is 2.71. The fraction of sp³-hybridized carbons (Fsp3) is 0.867. The third-order valence-corrected chi connectivity index (χ3v) is 6.07. The van der Waals surface area contributed by atoms with Crippen LogP contribution in [0, 0.1) is 28.6 Å². The lowest BCUT2D eigenvalue weighted by atomic mass is 9.69. The second-order valence-electron chi connectivity index (χ2n) is 7.10. The van der Waals surface area contributed by atoms with E-state index in [0.29, 0.717) is 10.8 Å². The second kappa shape index (κ2) is 2.70. The average Bonchev–Trinajstić information content (AvgIpc) is 2.63. The van der Waals surface area contributed by atoms with Crippen LogP contribution in [0.2, 0.25) is 0 Å². The lowest BCUT2D eigenvalue weighted by Gasteiger charge is -2.35. The number of hydrogen-bond donors (Lipinski definition) is 0. The Labute approximate surface area is 94.1 Å². The monoisotopic (exact) mass is 204 g/mol. The van der Waals surface area contributed by atoms with Gasteiger partial charge in [-0.25, -0.2) is 0 Å². The number of rotatable bonds is 0. The van der Waals surface area contributed by atoms with Gasteiger partial charge >= 0.3 is 0 Å². The molecule has 0 heteroatoms. The fourth-order valence-corrected chi connectivity index (χ4v) is 5.28. The van der Waals surface area contributed by atoms with Crippen molar-refractivity contribution in [1.82, 2.24) is 0 Å². The van der Waals surface area contributed by atoms with Crippen LogP contribution < -0.4 is 0 Å². The molecule has 0 heterocycles. The van der Waals surface area contributed by atoms with Crippen molar-refractivity contribution >= 4 is 0 Å². The number of allylic oxidation sites excluding steroid dienone is 1. The molecule has 0 saturated heterocycles. The van der Waals surface area contributed by atoms with Crippen LogP contribution in [0.15, 0.2) is 12.2 Å². The molecule has 0 nitrogen and oxygen atoms in total. The van der Waals surface area contributed by atoms with Crippen molar-refractivity contribution in [2.24, 2.45) is 28.6 Å². The van der Waals surface area contributed by atoms with E-state index in [2.05, 4.69) is 27.4 Å². The number of hydrogen-bond acceptors (Lipinski definition) is 0. The third-order valence-electron chi connectivity index (χ3n) is 6.07. The highest BCUT2D eigenvalue weighted by atomic mass is 14.7. The predicted octanol–water partition coefficient (Wildman–Crippen LogP) is 4.42. The summed E-state index contributed by atoms with van der Waals surface area (Å²) in [7, 11) is 0. The van der Waals surface area contributed by atoms with Crippen molar-refractivity contribution in [2.45, 2.75) is 52.9 Å². The van der Waals surface area contributed by atoms with Gasteiger partial charge in [-0.15, -0.1) is 0 Å². The summed E-state index contributed by atoms with van der Waals surface area (Å²) in [6.45, 7) is 12.0. The summed E-state index contributed by atoms with van der Waals surface area (Å²) >= 11 is 0. The van der Waals surface area contributed by atoms with Crippen molar-refractivity contribution in [3.05, 3.63) is 12.2 Å². The maximum absolute atomic E-state index is 4.46. The molecule has 3 saturated carbocycles. The first kappa shape index (κ1) is 9.93. The smallest absolute Gasteiger partial charge is 0.00849 e. The van der Waals surface area contributed by atoms with E-state index in [1.165, 1.54) is 32.1 Å². The van der Waals surface area contributed by atoms with Crippen LogP contribution in [-0.4, -0.2) is 0 Å². The molecule has 3 aliphatic carbocycles. The van der Waals surface area contributed by atoms with Crippen molar-refractivity contribution < 1.29 is 0 Å². The zero-order valence-corrected chi connectivity index (χ0v) is 10.5. The molecule has 3 fully saturated rings. The zero-order valence-electron chi connectivity index (χ0n) is 10.5. The van der Waals surface area contributed by atoms with Crippen LogP contribution in [-0.2, 0) is 0 Å². The van der Waals surface area contributed by atoms with Gasteiger partial charge in [-0.2, -0.15) is 0 Å². The van der Waals surface area contributed by atoms with Crippen LogP contribution in [0.3, 0.4) is 0 Å². The van der Waals surface area contributed by atoms with E-state index >= 15 is 0 Å². The van der Waals surface area contributed by atoms with Crippen molar-refractivity contribution in [2.75, 3.05) is 0 Å². The average molecular weight is 204 g/mol. The van der Waals surface area contributed by atoms with Gasteiger partial charge in [0.25, 0.3) is 0 Å². The van der Waals surface area contributed by atoms with E-state index in [1.54, 1.807) is 5.57 Å². The molecule has 3 rings (SSSR count). The van der Waals surface area contributed by atoms with E-state index in [9.17, 15) is 0 Å². The Morgan fingerprint density at radius 2 is 1.87 bits per heavy atom. The molecule has 4 atom stereocenters. The fourth-order valence-electron chi connectivity index (χ4n) is 5.28. The van der Waals surface area contributed by atoms with E-state index in [-0.39, 0.29) is 0 Å². The van der Waals surface area contributed by atoms with Crippen molar-refractivity contribution in [1.29, 1.82) is 0 Å².